The molecule has 0 aliphatic heterocycles. The molecule has 2 aromatic rings. The standard InChI is InChI=1S/C13H14ClN3O2S2/c1-7-12(21-13(15)16-7)20-6-11(18)17-8-3-4-10(19-2)9(14)5-8/h3-5H,6H2,1-2H3,(H2,15,16)(H,17,18). The number of anilines is 2. The van der Waals surface area contributed by atoms with E-state index in [1.165, 1.54) is 23.1 Å². The van der Waals surface area contributed by atoms with Gasteiger partial charge >= 0.3 is 0 Å². The second-order valence-corrected chi connectivity index (χ2v) is 6.79. The maximum atomic E-state index is 11.9. The number of nitrogens with zero attached hydrogens (tertiary/aromatic N) is 1. The maximum Gasteiger partial charge on any atom is 0.234 e. The Balaban J connectivity index is 1.93. The highest BCUT2D eigenvalue weighted by molar-refractivity contribution is 8.01. The number of halogens is 1. The van der Waals surface area contributed by atoms with Crippen molar-refractivity contribution >= 4 is 51.4 Å². The quantitative estimate of drug-likeness (QED) is 0.813. The number of thioether (sulfide) groups is 1. The van der Waals surface area contributed by atoms with Crippen LogP contribution in [0.5, 0.6) is 5.75 Å². The summed E-state index contributed by atoms with van der Waals surface area (Å²) < 4.78 is 6.01. The number of nitrogen functional groups attached to an aromatic ring is 1. The molecular weight excluding hydrogens is 330 g/mol. The van der Waals surface area contributed by atoms with Crippen molar-refractivity contribution in [3.8, 4) is 5.75 Å². The molecule has 1 aromatic carbocycles. The molecule has 1 aromatic heterocycles. The number of aromatic nitrogens is 1. The van der Waals surface area contributed by atoms with Crippen LogP contribution in [0.3, 0.4) is 0 Å². The van der Waals surface area contributed by atoms with Crippen LogP contribution in [0.15, 0.2) is 22.4 Å². The lowest BCUT2D eigenvalue weighted by atomic mass is 10.3. The predicted octanol–water partition coefficient (Wildman–Crippen LogP) is 3.43. The molecule has 0 unspecified atom stereocenters. The van der Waals surface area contributed by atoms with Crippen LogP contribution in [0.4, 0.5) is 10.8 Å². The van der Waals surface area contributed by atoms with E-state index >= 15 is 0 Å². The first-order chi connectivity index (χ1) is 9.99. The molecule has 1 heterocycles. The number of thiazole rings is 1. The van der Waals surface area contributed by atoms with Gasteiger partial charge in [0, 0.05) is 5.69 Å². The number of carbonyl (C=O) groups is 1. The van der Waals surface area contributed by atoms with E-state index in [-0.39, 0.29) is 11.7 Å². The second-order valence-electron chi connectivity index (χ2n) is 4.11. The van der Waals surface area contributed by atoms with Gasteiger partial charge in [0.15, 0.2) is 5.13 Å². The molecule has 0 spiro atoms. The first-order valence-corrected chi connectivity index (χ1v) is 8.16. The van der Waals surface area contributed by atoms with Crippen molar-refractivity contribution in [3.63, 3.8) is 0 Å². The summed E-state index contributed by atoms with van der Waals surface area (Å²) in [5.41, 5.74) is 7.10. The van der Waals surface area contributed by atoms with Gasteiger partial charge in [0.25, 0.3) is 0 Å². The second kappa shape index (κ2) is 7.02. The fourth-order valence-corrected chi connectivity index (χ4v) is 3.69. The van der Waals surface area contributed by atoms with Crippen LogP contribution in [0.1, 0.15) is 5.69 Å². The van der Waals surface area contributed by atoms with Gasteiger partial charge in [0.05, 0.1) is 27.8 Å². The molecule has 8 heteroatoms. The SMILES string of the molecule is COc1ccc(NC(=O)CSc2sc(N)nc2C)cc1Cl. The first kappa shape index (κ1) is 15.9. The molecule has 5 nitrogen and oxygen atoms in total. The average Bonchev–Trinajstić information content (AvgIpc) is 2.75. The average molecular weight is 344 g/mol. The van der Waals surface area contributed by atoms with E-state index < -0.39 is 0 Å². The summed E-state index contributed by atoms with van der Waals surface area (Å²) in [5.74, 6) is 0.735. The number of nitrogens with one attached hydrogen (secondary N) is 1. The van der Waals surface area contributed by atoms with Crippen molar-refractivity contribution < 1.29 is 9.53 Å². The number of hydrogen-bond donors (Lipinski definition) is 2. The lowest BCUT2D eigenvalue weighted by Gasteiger charge is -2.07. The van der Waals surface area contributed by atoms with Crippen LogP contribution in [0.25, 0.3) is 0 Å². The highest BCUT2D eigenvalue weighted by Crippen LogP contribution is 2.31. The Morgan fingerprint density at radius 3 is 2.90 bits per heavy atom. The number of benzene rings is 1. The smallest absolute Gasteiger partial charge is 0.234 e. The number of nitrogens with two attached hydrogens (primary N) is 1. The van der Waals surface area contributed by atoms with Crippen molar-refractivity contribution in [2.75, 3.05) is 23.9 Å². The minimum absolute atomic E-state index is 0.118. The number of methoxy groups -OCH3 is 1. The number of amides is 1. The van der Waals surface area contributed by atoms with Crippen LogP contribution < -0.4 is 15.8 Å². The van der Waals surface area contributed by atoms with E-state index in [0.717, 1.165) is 9.90 Å². The number of aryl methyl sites for hydroxylation is 1. The van der Waals surface area contributed by atoms with Crippen molar-refractivity contribution in [2.45, 2.75) is 11.1 Å². The van der Waals surface area contributed by atoms with Gasteiger partial charge in [0.1, 0.15) is 5.75 Å². The zero-order valence-corrected chi connectivity index (χ0v) is 13.9. The zero-order valence-electron chi connectivity index (χ0n) is 11.5. The summed E-state index contributed by atoms with van der Waals surface area (Å²) >= 11 is 8.80. The van der Waals surface area contributed by atoms with Gasteiger partial charge in [-0.1, -0.05) is 22.9 Å². The third kappa shape index (κ3) is 4.26. The molecule has 0 aliphatic rings. The topological polar surface area (TPSA) is 77.2 Å². The molecule has 0 aliphatic carbocycles. The predicted molar refractivity (Wildman–Crippen MR) is 88.6 cm³/mol. The molecule has 0 saturated heterocycles. The molecule has 0 radical (unpaired) electrons. The molecule has 0 atom stereocenters. The number of rotatable bonds is 5. The highest BCUT2D eigenvalue weighted by atomic mass is 35.5. The fourth-order valence-electron chi connectivity index (χ4n) is 1.61. The van der Waals surface area contributed by atoms with Crippen molar-refractivity contribution in [1.29, 1.82) is 0 Å². The van der Waals surface area contributed by atoms with Crippen LogP contribution in [-0.2, 0) is 4.79 Å². The van der Waals surface area contributed by atoms with E-state index in [0.29, 0.717) is 21.6 Å². The van der Waals surface area contributed by atoms with Gasteiger partial charge in [-0.15, -0.1) is 11.8 Å². The van der Waals surface area contributed by atoms with Crippen molar-refractivity contribution in [2.24, 2.45) is 0 Å². The van der Waals surface area contributed by atoms with Crippen molar-refractivity contribution in [1.82, 2.24) is 4.98 Å². The van der Waals surface area contributed by atoms with Gasteiger partial charge in [-0.3, -0.25) is 4.79 Å². The summed E-state index contributed by atoms with van der Waals surface area (Å²) in [4.78, 5) is 16.0. The van der Waals surface area contributed by atoms with E-state index in [1.54, 1.807) is 25.3 Å². The minimum atomic E-state index is -0.118. The van der Waals surface area contributed by atoms with Gasteiger partial charge in [-0.25, -0.2) is 4.98 Å². The van der Waals surface area contributed by atoms with Crippen LogP contribution in [0, 0.1) is 6.92 Å². The molecule has 112 valence electrons. The summed E-state index contributed by atoms with van der Waals surface area (Å²) in [6.45, 7) is 1.87. The zero-order chi connectivity index (χ0) is 15.4. The Kier molecular flexibility index (Phi) is 5.33. The van der Waals surface area contributed by atoms with E-state index in [2.05, 4.69) is 10.3 Å². The Morgan fingerprint density at radius 1 is 1.57 bits per heavy atom. The highest BCUT2D eigenvalue weighted by Gasteiger charge is 2.10. The first-order valence-electron chi connectivity index (χ1n) is 5.98. The molecular formula is C13H14ClN3O2S2. The number of hydrogen-bond acceptors (Lipinski definition) is 6. The van der Waals surface area contributed by atoms with Crippen LogP contribution in [-0.4, -0.2) is 23.8 Å². The van der Waals surface area contributed by atoms with Gasteiger partial charge < -0.3 is 15.8 Å². The monoisotopic (exact) mass is 343 g/mol. The molecule has 0 fully saturated rings. The van der Waals surface area contributed by atoms with Crippen LogP contribution >= 0.6 is 34.7 Å². The molecule has 3 N–H and O–H groups in total. The molecule has 1 amide bonds. The Bertz CT molecular complexity index is 661. The van der Waals surface area contributed by atoms with Crippen LogP contribution in [0.2, 0.25) is 5.02 Å². The molecule has 0 saturated carbocycles. The molecule has 21 heavy (non-hydrogen) atoms. The number of carbonyl (C=O) groups excluding carboxylic acids is 1. The lowest BCUT2D eigenvalue weighted by Crippen LogP contribution is -2.13. The normalized spacial score (nSPS) is 10.4. The van der Waals surface area contributed by atoms with E-state index in [4.69, 9.17) is 22.1 Å². The third-order valence-electron chi connectivity index (χ3n) is 2.54. The Hall–Kier alpha value is -1.44. The number of ether oxygens (including phenoxy) is 1. The summed E-state index contributed by atoms with van der Waals surface area (Å²) in [5, 5.41) is 3.75. The fraction of sp³-hybridized carbons (Fsp3) is 0.231. The summed E-state index contributed by atoms with van der Waals surface area (Å²) in [6.07, 6.45) is 0. The summed E-state index contributed by atoms with van der Waals surface area (Å²) in [7, 11) is 1.54. The third-order valence-corrected chi connectivity index (χ3v) is 5.18. The summed E-state index contributed by atoms with van der Waals surface area (Å²) in [6, 6.07) is 5.10. The lowest BCUT2D eigenvalue weighted by molar-refractivity contribution is -0.113. The molecule has 0 bridgehead atoms. The maximum absolute atomic E-state index is 11.9. The Morgan fingerprint density at radius 2 is 2.33 bits per heavy atom. The Labute approximate surface area is 135 Å². The van der Waals surface area contributed by atoms with E-state index in [9.17, 15) is 4.79 Å². The van der Waals surface area contributed by atoms with Gasteiger partial charge in [-0.05, 0) is 25.1 Å². The van der Waals surface area contributed by atoms with E-state index in [1.807, 2.05) is 6.92 Å². The van der Waals surface area contributed by atoms with Gasteiger partial charge in [0.2, 0.25) is 5.91 Å². The van der Waals surface area contributed by atoms with Crippen molar-refractivity contribution in [3.05, 3.63) is 28.9 Å². The van der Waals surface area contributed by atoms with Gasteiger partial charge in [-0.2, -0.15) is 0 Å². The largest absolute Gasteiger partial charge is 0.495 e. The molecule has 2 rings (SSSR count). The minimum Gasteiger partial charge on any atom is -0.495 e.